The lowest BCUT2D eigenvalue weighted by Gasteiger charge is -2.27. The van der Waals surface area contributed by atoms with Gasteiger partial charge < -0.3 is 30.7 Å². The summed E-state index contributed by atoms with van der Waals surface area (Å²) >= 11 is 0. The van der Waals surface area contributed by atoms with Crippen LogP contribution >= 0.6 is 0 Å². The first-order chi connectivity index (χ1) is 23.7. The van der Waals surface area contributed by atoms with Gasteiger partial charge in [0.25, 0.3) is 0 Å². The summed E-state index contributed by atoms with van der Waals surface area (Å²) < 4.78 is 12.3. The Labute approximate surface area is 289 Å². The fraction of sp³-hybridized carbons (Fsp3) is 0.650. The van der Waals surface area contributed by atoms with Gasteiger partial charge in [0.05, 0.1) is 12.1 Å². The van der Waals surface area contributed by atoms with Crippen LogP contribution < -0.4 is 30.7 Å². The summed E-state index contributed by atoms with van der Waals surface area (Å²) in [5, 5.41) is 14.7. The van der Waals surface area contributed by atoms with Crippen LogP contribution in [-0.2, 0) is 0 Å². The highest BCUT2D eigenvalue weighted by Gasteiger charge is 2.20. The maximum Gasteiger partial charge on any atom is 0.196 e. The van der Waals surface area contributed by atoms with Crippen molar-refractivity contribution in [1.82, 2.24) is 10.6 Å². The minimum atomic E-state index is 0.409. The average Bonchev–Trinajstić information content (AvgIpc) is 3.12. The van der Waals surface area contributed by atoms with E-state index in [9.17, 15) is 0 Å². The second kappa shape index (κ2) is 18.9. The van der Waals surface area contributed by atoms with E-state index in [1.54, 1.807) is 0 Å². The van der Waals surface area contributed by atoms with Gasteiger partial charge in [-0.15, -0.1) is 0 Å². The van der Waals surface area contributed by atoms with Crippen LogP contribution in [-0.4, -0.2) is 49.3 Å². The third-order valence-electron chi connectivity index (χ3n) is 10.5. The standard InChI is InChI=1S/C40H60N6O2/c1-5-15-31(16-6-1)41-39(42-32-17-7-2-8-18-32)45-35-23-13-25-37(29-35)47-27-28-48-38-26-14-24-36(30-38)46-40(43-33-19-9-3-10-20-33)44-34-21-11-4-12-22-34/h13-14,23-26,29-34H,1-12,15-22,27-28H2,(H2,41,42,45)(H2,43,44,46). The van der Waals surface area contributed by atoms with Crippen LogP contribution in [0.4, 0.5) is 11.4 Å². The molecule has 2 aromatic rings. The second-order valence-electron chi connectivity index (χ2n) is 14.5. The van der Waals surface area contributed by atoms with E-state index in [1.165, 1.54) is 128 Å². The van der Waals surface area contributed by atoms with Crippen molar-refractivity contribution in [1.29, 1.82) is 0 Å². The largest absolute Gasteiger partial charge is 0.490 e. The van der Waals surface area contributed by atoms with Crippen LogP contribution in [0.2, 0.25) is 0 Å². The molecule has 0 unspecified atom stereocenters. The average molecular weight is 657 g/mol. The monoisotopic (exact) mass is 656 g/mol. The summed E-state index contributed by atoms with van der Waals surface area (Å²) in [5.41, 5.74) is 2.00. The first kappa shape index (κ1) is 34.4. The Morgan fingerprint density at radius 3 is 1.27 bits per heavy atom. The number of rotatable bonds is 11. The summed E-state index contributed by atoms with van der Waals surface area (Å²) in [6.45, 7) is 0.921. The van der Waals surface area contributed by atoms with Gasteiger partial charge in [0.15, 0.2) is 11.9 Å². The fourth-order valence-electron chi connectivity index (χ4n) is 7.80. The van der Waals surface area contributed by atoms with E-state index >= 15 is 0 Å². The molecule has 48 heavy (non-hydrogen) atoms. The maximum atomic E-state index is 6.14. The number of guanidine groups is 2. The molecule has 0 spiro atoms. The molecule has 8 heteroatoms. The van der Waals surface area contributed by atoms with Gasteiger partial charge in [-0.25, -0.2) is 9.98 Å². The second-order valence-corrected chi connectivity index (χ2v) is 14.5. The third kappa shape index (κ3) is 11.6. The van der Waals surface area contributed by atoms with E-state index in [-0.39, 0.29) is 0 Å². The normalized spacial score (nSPS) is 21.0. The zero-order valence-corrected chi connectivity index (χ0v) is 29.2. The van der Waals surface area contributed by atoms with E-state index in [2.05, 4.69) is 45.5 Å². The van der Waals surface area contributed by atoms with Crippen molar-refractivity contribution in [2.45, 2.75) is 153 Å². The quantitative estimate of drug-likeness (QED) is 0.110. The van der Waals surface area contributed by atoms with Crippen LogP contribution in [0.3, 0.4) is 0 Å². The van der Waals surface area contributed by atoms with E-state index in [0.29, 0.717) is 37.4 Å². The van der Waals surface area contributed by atoms with Crippen molar-refractivity contribution in [3.05, 3.63) is 48.5 Å². The predicted molar refractivity (Wildman–Crippen MR) is 200 cm³/mol. The first-order valence-electron chi connectivity index (χ1n) is 19.4. The lowest BCUT2D eigenvalue weighted by molar-refractivity contribution is 0.217. The smallest absolute Gasteiger partial charge is 0.196 e. The molecule has 4 aliphatic rings. The van der Waals surface area contributed by atoms with E-state index in [4.69, 9.17) is 19.5 Å². The zero-order valence-electron chi connectivity index (χ0n) is 29.2. The molecule has 0 heterocycles. The zero-order chi connectivity index (χ0) is 32.6. The SMILES string of the molecule is c1cc(NC(=NC2CCCCC2)NC2CCCCC2)cc(OCCOc2cccc(NC(=NC3CCCCC3)NC3CCCCC3)c2)c1. The van der Waals surface area contributed by atoms with Crippen LogP contribution in [0, 0.1) is 0 Å². The Hall–Kier alpha value is -3.42. The molecule has 2 aromatic carbocycles. The minimum Gasteiger partial charge on any atom is -0.490 e. The highest BCUT2D eigenvalue weighted by atomic mass is 16.5. The van der Waals surface area contributed by atoms with Crippen LogP contribution in [0.25, 0.3) is 0 Å². The number of anilines is 2. The van der Waals surface area contributed by atoms with Gasteiger partial charge in [-0.1, -0.05) is 89.2 Å². The lowest BCUT2D eigenvalue weighted by atomic mass is 9.95. The Bertz CT molecular complexity index is 1190. The Balaban J connectivity index is 1.00. The van der Waals surface area contributed by atoms with Crippen molar-refractivity contribution < 1.29 is 9.47 Å². The van der Waals surface area contributed by atoms with E-state index < -0.39 is 0 Å². The summed E-state index contributed by atoms with van der Waals surface area (Å²) in [6.07, 6.45) is 25.3. The molecular formula is C40H60N6O2. The molecule has 0 saturated heterocycles. The fourth-order valence-corrected chi connectivity index (χ4v) is 7.80. The van der Waals surface area contributed by atoms with Crippen molar-refractivity contribution in [2.24, 2.45) is 9.98 Å². The summed E-state index contributed by atoms with van der Waals surface area (Å²) in [7, 11) is 0. The molecule has 6 rings (SSSR count). The Kier molecular flexibility index (Phi) is 13.6. The number of nitrogens with one attached hydrogen (secondary N) is 4. The van der Waals surface area contributed by atoms with Gasteiger partial charge >= 0.3 is 0 Å². The molecule has 4 aliphatic carbocycles. The highest BCUT2D eigenvalue weighted by Crippen LogP contribution is 2.25. The Morgan fingerprint density at radius 2 is 0.875 bits per heavy atom. The molecule has 262 valence electrons. The molecule has 0 radical (unpaired) electrons. The first-order valence-corrected chi connectivity index (χ1v) is 19.4. The number of aliphatic imine (C=N–C) groups is 2. The summed E-state index contributed by atoms with van der Waals surface area (Å²) in [5.74, 6) is 3.49. The number of hydrogen-bond acceptors (Lipinski definition) is 4. The molecular weight excluding hydrogens is 596 g/mol. The molecule has 8 nitrogen and oxygen atoms in total. The molecule has 0 amide bonds. The molecule has 4 fully saturated rings. The number of ether oxygens (including phenoxy) is 2. The van der Waals surface area contributed by atoms with Crippen LogP contribution in [0.1, 0.15) is 128 Å². The van der Waals surface area contributed by atoms with Crippen molar-refractivity contribution in [3.63, 3.8) is 0 Å². The molecule has 0 bridgehead atoms. The molecule has 0 aliphatic heterocycles. The molecule has 0 aromatic heterocycles. The predicted octanol–water partition coefficient (Wildman–Crippen LogP) is 9.19. The number of hydrogen-bond donors (Lipinski definition) is 4. The van der Waals surface area contributed by atoms with Gasteiger partial charge in [0.2, 0.25) is 0 Å². The van der Waals surface area contributed by atoms with Crippen molar-refractivity contribution >= 4 is 23.3 Å². The van der Waals surface area contributed by atoms with Gasteiger partial charge in [-0.2, -0.15) is 0 Å². The Morgan fingerprint density at radius 1 is 0.500 bits per heavy atom. The van der Waals surface area contributed by atoms with Gasteiger partial charge in [-0.05, 0) is 75.6 Å². The van der Waals surface area contributed by atoms with Gasteiger partial charge in [-0.3, -0.25) is 0 Å². The van der Waals surface area contributed by atoms with E-state index in [0.717, 1.165) is 34.8 Å². The summed E-state index contributed by atoms with van der Waals surface area (Å²) in [4.78, 5) is 10.3. The topological polar surface area (TPSA) is 91.3 Å². The minimum absolute atomic E-state index is 0.409. The molecule has 0 atom stereocenters. The highest BCUT2D eigenvalue weighted by molar-refractivity contribution is 5.94. The van der Waals surface area contributed by atoms with Crippen molar-refractivity contribution in [2.75, 3.05) is 23.8 Å². The van der Waals surface area contributed by atoms with Crippen LogP contribution in [0.5, 0.6) is 11.5 Å². The van der Waals surface area contributed by atoms with Gasteiger partial charge in [0, 0.05) is 35.6 Å². The van der Waals surface area contributed by atoms with E-state index in [1.807, 2.05) is 24.3 Å². The number of benzene rings is 2. The van der Waals surface area contributed by atoms with Gasteiger partial charge in [0.1, 0.15) is 24.7 Å². The van der Waals surface area contributed by atoms with Crippen molar-refractivity contribution in [3.8, 4) is 11.5 Å². The lowest BCUT2D eigenvalue weighted by Crippen LogP contribution is -2.41. The molecule has 4 saturated carbocycles. The number of nitrogens with zero attached hydrogens (tertiary/aromatic N) is 2. The third-order valence-corrected chi connectivity index (χ3v) is 10.5. The molecule has 4 N–H and O–H groups in total. The van der Waals surface area contributed by atoms with Crippen LogP contribution in [0.15, 0.2) is 58.5 Å². The summed E-state index contributed by atoms with van der Waals surface area (Å²) in [6, 6.07) is 18.2. The maximum absolute atomic E-state index is 6.14.